The van der Waals surface area contributed by atoms with E-state index >= 15 is 0 Å². The number of imidazole rings is 1. The van der Waals surface area contributed by atoms with E-state index in [4.69, 9.17) is 10.7 Å². The first-order chi connectivity index (χ1) is 9.63. The average Bonchev–Trinajstić information content (AvgIpc) is 3.12. The SMILES string of the molecule is CCn1c(C2CCCC2)nc(-c2cnn(C)c2C)c1N. The average molecular weight is 273 g/mol. The van der Waals surface area contributed by atoms with Crippen molar-refractivity contribution in [3.05, 3.63) is 17.7 Å². The van der Waals surface area contributed by atoms with Crippen molar-refractivity contribution in [2.24, 2.45) is 7.05 Å². The zero-order valence-corrected chi connectivity index (χ0v) is 12.6. The smallest absolute Gasteiger partial charge is 0.131 e. The number of hydrogen-bond acceptors (Lipinski definition) is 3. The Balaban J connectivity index is 2.10. The molecule has 0 aliphatic heterocycles. The maximum atomic E-state index is 6.36. The molecule has 0 aromatic carbocycles. The predicted octanol–water partition coefficient (Wildman–Crippen LogP) is 2.85. The maximum absolute atomic E-state index is 6.36. The van der Waals surface area contributed by atoms with Crippen molar-refractivity contribution in [3.63, 3.8) is 0 Å². The van der Waals surface area contributed by atoms with Crippen LogP contribution in [0.2, 0.25) is 0 Å². The van der Waals surface area contributed by atoms with Gasteiger partial charge in [0.05, 0.1) is 6.20 Å². The van der Waals surface area contributed by atoms with Crippen molar-refractivity contribution in [3.8, 4) is 11.3 Å². The second-order valence-electron chi connectivity index (χ2n) is 5.70. The molecule has 20 heavy (non-hydrogen) atoms. The minimum absolute atomic E-state index is 0.572. The quantitative estimate of drug-likeness (QED) is 0.935. The summed E-state index contributed by atoms with van der Waals surface area (Å²) < 4.78 is 4.05. The number of nitrogen functional groups attached to an aromatic ring is 1. The standard InChI is InChI=1S/C15H23N5/c1-4-20-14(16)13(12-9-17-19(3)10(12)2)18-15(20)11-7-5-6-8-11/h9,11H,4-8,16H2,1-3H3. The Bertz CT molecular complexity index is 616. The van der Waals surface area contributed by atoms with Crippen LogP contribution >= 0.6 is 0 Å². The van der Waals surface area contributed by atoms with Crippen molar-refractivity contribution in [2.75, 3.05) is 5.73 Å². The fourth-order valence-electron chi connectivity index (χ4n) is 3.24. The fraction of sp³-hybridized carbons (Fsp3) is 0.600. The first kappa shape index (κ1) is 13.2. The molecule has 1 aliphatic carbocycles. The lowest BCUT2D eigenvalue weighted by Gasteiger charge is -2.11. The Hall–Kier alpha value is -1.78. The molecule has 5 nitrogen and oxygen atoms in total. The molecule has 0 spiro atoms. The molecule has 3 rings (SSSR count). The van der Waals surface area contributed by atoms with E-state index in [0.29, 0.717) is 5.92 Å². The molecule has 1 saturated carbocycles. The van der Waals surface area contributed by atoms with Crippen molar-refractivity contribution < 1.29 is 0 Å². The van der Waals surface area contributed by atoms with Gasteiger partial charge in [-0.3, -0.25) is 4.68 Å². The molecule has 2 aromatic rings. The molecule has 2 aromatic heterocycles. The van der Waals surface area contributed by atoms with Gasteiger partial charge in [0.2, 0.25) is 0 Å². The molecular weight excluding hydrogens is 250 g/mol. The first-order valence-corrected chi connectivity index (χ1v) is 7.48. The Morgan fingerprint density at radius 3 is 2.60 bits per heavy atom. The van der Waals surface area contributed by atoms with Crippen LogP contribution in [-0.2, 0) is 13.6 Å². The summed E-state index contributed by atoms with van der Waals surface area (Å²) in [5.74, 6) is 2.52. The van der Waals surface area contributed by atoms with E-state index in [1.54, 1.807) is 0 Å². The van der Waals surface area contributed by atoms with Crippen LogP contribution in [0.25, 0.3) is 11.3 Å². The van der Waals surface area contributed by atoms with E-state index in [1.165, 1.54) is 31.5 Å². The van der Waals surface area contributed by atoms with Gasteiger partial charge < -0.3 is 10.3 Å². The van der Waals surface area contributed by atoms with Gasteiger partial charge in [0.1, 0.15) is 17.3 Å². The van der Waals surface area contributed by atoms with Crippen molar-refractivity contribution >= 4 is 5.82 Å². The molecule has 2 heterocycles. The molecule has 0 saturated heterocycles. The number of aryl methyl sites for hydroxylation is 1. The van der Waals surface area contributed by atoms with E-state index in [2.05, 4.69) is 23.5 Å². The fourth-order valence-corrected chi connectivity index (χ4v) is 3.24. The number of nitrogens with zero attached hydrogens (tertiary/aromatic N) is 4. The summed E-state index contributed by atoms with van der Waals surface area (Å²) in [6, 6.07) is 0. The van der Waals surface area contributed by atoms with Gasteiger partial charge in [-0.05, 0) is 26.7 Å². The summed E-state index contributed by atoms with van der Waals surface area (Å²) in [7, 11) is 1.95. The highest BCUT2D eigenvalue weighted by atomic mass is 15.3. The van der Waals surface area contributed by atoms with Crippen LogP contribution in [0.15, 0.2) is 6.20 Å². The zero-order chi connectivity index (χ0) is 14.3. The third-order valence-corrected chi connectivity index (χ3v) is 4.56. The van der Waals surface area contributed by atoms with Gasteiger partial charge in [0, 0.05) is 30.8 Å². The molecule has 0 amide bonds. The zero-order valence-electron chi connectivity index (χ0n) is 12.6. The molecule has 1 fully saturated rings. The predicted molar refractivity (Wildman–Crippen MR) is 80.5 cm³/mol. The molecule has 0 atom stereocenters. The van der Waals surface area contributed by atoms with Crippen LogP contribution in [0.5, 0.6) is 0 Å². The van der Waals surface area contributed by atoms with Gasteiger partial charge >= 0.3 is 0 Å². The summed E-state index contributed by atoms with van der Waals surface area (Å²) in [6.45, 7) is 5.07. The second-order valence-corrected chi connectivity index (χ2v) is 5.70. The molecule has 1 aliphatic rings. The van der Waals surface area contributed by atoms with E-state index < -0.39 is 0 Å². The first-order valence-electron chi connectivity index (χ1n) is 7.48. The molecule has 2 N–H and O–H groups in total. The number of aromatic nitrogens is 4. The minimum atomic E-state index is 0.572. The lowest BCUT2D eigenvalue weighted by Crippen LogP contribution is -2.08. The van der Waals surface area contributed by atoms with E-state index in [0.717, 1.165) is 29.3 Å². The number of anilines is 1. The summed E-state index contributed by atoms with van der Waals surface area (Å²) in [6.07, 6.45) is 6.96. The lowest BCUT2D eigenvalue weighted by molar-refractivity contribution is 0.604. The van der Waals surface area contributed by atoms with E-state index in [-0.39, 0.29) is 0 Å². The molecule has 0 radical (unpaired) electrons. The van der Waals surface area contributed by atoms with Crippen LogP contribution in [0.1, 0.15) is 50.0 Å². The summed E-state index contributed by atoms with van der Waals surface area (Å²) in [5.41, 5.74) is 9.42. The number of hydrogen-bond donors (Lipinski definition) is 1. The summed E-state index contributed by atoms with van der Waals surface area (Å²) in [4.78, 5) is 4.89. The topological polar surface area (TPSA) is 61.7 Å². The summed E-state index contributed by atoms with van der Waals surface area (Å²) >= 11 is 0. The Labute approximate surface area is 119 Å². The molecule has 108 valence electrons. The van der Waals surface area contributed by atoms with Crippen LogP contribution in [-0.4, -0.2) is 19.3 Å². The van der Waals surface area contributed by atoms with Crippen molar-refractivity contribution in [1.29, 1.82) is 0 Å². The molecule has 0 unspecified atom stereocenters. The Morgan fingerprint density at radius 1 is 1.35 bits per heavy atom. The van der Waals surface area contributed by atoms with Gasteiger partial charge in [0.25, 0.3) is 0 Å². The molecule has 5 heteroatoms. The second kappa shape index (κ2) is 4.96. The monoisotopic (exact) mass is 273 g/mol. The van der Waals surface area contributed by atoms with Gasteiger partial charge in [-0.25, -0.2) is 4.98 Å². The van der Waals surface area contributed by atoms with Gasteiger partial charge in [-0.15, -0.1) is 0 Å². The number of nitrogens with two attached hydrogens (primary N) is 1. The Kier molecular flexibility index (Phi) is 3.28. The highest BCUT2D eigenvalue weighted by Crippen LogP contribution is 2.37. The van der Waals surface area contributed by atoms with Gasteiger partial charge in [0.15, 0.2) is 0 Å². The highest BCUT2D eigenvalue weighted by Gasteiger charge is 2.26. The summed E-state index contributed by atoms with van der Waals surface area (Å²) in [5, 5.41) is 4.31. The van der Waals surface area contributed by atoms with Gasteiger partial charge in [-0.1, -0.05) is 12.8 Å². The van der Waals surface area contributed by atoms with Crippen molar-refractivity contribution in [1.82, 2.24) is 19.3 Å². The van der Waals surface area contributed by atoms with Crippen molar-refractivity contribution in [2.45, 2.75) is 52.0 Å². The van der Waals surface area contributed by atoms with Crippen LogP contribution in [0, 0.1) is 6.92 Å². The largest absolute Gasteiger partial charge is 0.383 e. The van der Waals surface area contributed by atoms with Crippen LogP contribution in [0.4, 0.5) is 5.82 Å². The van der Waals surface area contributed by atoms with Crippen LogP contribution < -0.4 is 5.73 Å². The molecular formula is C15H23N5. The maximum Gasteiger partial charge on any atom is 0.131 e. The lowest BCUT2D eigenvalue weighted by atomic mass is 10.1. The van der Waals surface area contributed by atoms with E-state index in [9.17, 15) is 0 Å². The van der Waals surface area contributed by atoms with E-state index in [1.807, 2.05) is 17.9 Å². The minimum Gasteiger partial charge on any atom is -0.383 e. The van der Waals surface area contributed by atoms with Crippen LogP contribution in [0.3, 0.4) is 0 Å². The highest BCUT2D eigenvalue weighted by molar-refractivity contribution is 5.72. The third-order valence-electron chi connectivity index (χ3n) is 4.56. The number of rotatable bonds is 3. The molecule has 0 bridgehead atoms. The Morgan fingerprint density at radius 2 is 2.05 bits per heavy atom. The third kappa shape index (κ3) is 1.92. The normalized spacial score (nSPS) is 16.1. The van der Waals surface area contributed by atoms with Gasteiger partial charge in [-0.2, -0.15) is 5.10 Å².